The van der Waals surface area contributed by atoms with Gasteiger partial charge in [0.1, 0.15) is 4.99 Å². The molecule has 108 valence electrons. The first-order valence-electron chi connectivity index (χ1n) is 5.74. The molecule has 3 N–H and O–H groups in total. The van der Waals surface area contributed by atoms with Gasteiger partial charge in [-0.3, -0.25) is 4.79 Å². The van der Waals surface area contributed by atoms with Gasteiger partial charge in [0.25, 0.3) is 5.91 Å². The van der Waals surface area contributed by atoms with Crippen molar-refractivity contribution in [3.63, 3.8) is 0 Å². The van der Waals surface area contributed by atoms with Gasteiger partial charge in [0.05, 0.1) is 16.3 Å². The lowest BCUT2D eigenvalue weighted by Gasteiger charge is -2.11. The summed E-state index contributed by atoms with van der Waals surface area (Å²) in [7, 11) is 0. The molecule has 0 spiro atoms. The Hall–Kier alpha value is -0.950. The summed E-state index contributed by atoms with van der Waals surface area (Å²) in [6.45, 7) is 0. The normalized spacial score (nSPS) is 10.2. The number of benzene rings is 2. The second-order valence-corrected chi connectivity index (χ2v) is 6.81. The van der Waals surface area contributed by atoms with E-state index >= 15 is 0 Å². The second kappa shape index (κ2) is 6.87. The summed E-state index contributed by atoms with van der Waals surface area (Å²) in [4.78, 5) is 12.5. The molecule has 0 atom stereocenters. The van der Waals surface area contributed by atoms with Gasteiger partial charge in [-0.1, -0.05) is 55.7 Å². The van der Waals surface area contributed by atoms with Gasteiger partial charge in [-0.05, 0) is 36.4 Å². The Kier molecular flexibility index (Phi) is 5.37. The number of anilines is 1. The molecule has 2 aromatic rings. The molecule has 0 fully saturated rings. The van der Waals surface area contributed by atoms with E-state index in [1.54, 1.807) is 36.4 Å². The average molecular weight is 449 g/mol. The zero-order valence-corrected chi connectivity index (χ0v) is 15.2. The fraction of sp³-hybridized carbons (Fsp3) is 0. The molecule has 0 aliphatic rings. The summed E-state index contributed by atoms with van der Waals surface area (Å²) in [5.74, 6) is -0.327. The van der Waals surface area contributed by atoms with Crippen LogP contribution in [0.5, 0.6) is 0 Å². The van der Waals surface area contributed by atoms with E-state index in [1.807, 2.05) is 0 Å². The van der Waals surface area contributed by atoms with E-state index in [0.717, 1.165) is 8.95 Å². The van der Waals surface area contributed by atoms with E-state index in [-0.39, 0.29) is 10.9 Å². The lowest BCUT2D eigenvalue weighted by Crippen LogP contribution is -2.18. The zero-order chi connectivity index (χ0) is 15.6. The van der Waals surface area contributed by atoms with E-state index < -0.39 is 0 Å². The number of nitrogens with two attached hydrogens (primary N) is 1. The largest absolute Gasteiger partial charge is 0.389 e. The highest BCUT2D eigenvalue weighted by Gasteiger charge is 2.14. The molecule has 0 radical (unpaired) electrons. The van der Waals surface area contributed by atoms with Crippen LogP contribution in [0.4, 0.5) is 5.69 Å². The van der Waals surface area contributed by atoms with Crippen molar-refractivity contribution in [1.82, 2.24) is 0 Å². The Bertz CT molecular complexity index is 737. The number of hydrogen-bond acceptors (Lipinski definition) is 2. The van der Waals surface area contributed by atoms with Crippen molar-refractivity contribution in [1.29, 1.82) is 0 Å². The van der Waals surface area contributed by atoms with E-state index in [1.165, 1.54) is 0 Å². The molecule has 0 bridgehead atoms. The molecular weight excluding hydrogens is 439 g/mol. The maximum atomic E-state index is 12.3. The SMILES string of the molecule is NC(=S)c1cc(Br)ccc1NC(=O)c1ccc(Br)cc1Cl. The third-order valence-electron chi connectivity index (χ3n) is 2.67. The predicted octanol–water partition coefficient (Wildman–Crippen LogP) is 4.75. The van der Waals surface area contributed by atoms with Crippen LogP contribution in [-0.4, -0.2) is 10.9 Å². The van der Waals surface area contributed by atoms with Gasteiger partial charge < -0.3 is 11.1 Å². The summed E-state index contributed by atoms with van der Waals surface area (Å²) in [6.07, 6.45) is 0. The Balaban J connectivity index is 2.34. The van der Waals surface area contributed by atoms with Crippen molar-refractivity contribution >= 4 is 72.3 Å². The van der Waals surface area contributed by atoms with Crippen LogP contribution in [0, 0.1) is 0 Å². The number of amides is 1. The highest BCUT2D eigenvalue weighted by molar-refractivity contribution is 9.10. The Morgan fingerprint density at radius 1 is 1.10 bits per heavy atom. The van der Waals surface area contributed by atoms with Crippen molar-refractivity contribution in [2.24, 2.45) is 5.73 Å². The van der Waals surface area contributed by atoms with Crippen LogP contribution in [0.1, 0.15) is 15.9 Å². The van der Waals surface area contributed by atoms with Crippen molar-refractivity contribution in [3.8, 4) is 0 Å². The third kappa shape index (κ3) is 4.03. The van der Waals surface area contributed by atoms with Crippen LogP contribution in [0.25, 0.3) is 0 Å². The lowest BCUT2D eigenvalue weighted by atomic mass is 10.1. The molecule has 0 unspecified atom stereocenters. The molecule has 21 heavy (non-hydrogen) atoms. The van der Waals surface area contributed by atoms with Gasteiger partial charge in [-0.25, -0.2) is 0 Å². The van der Waals surface area contributed by atoms with Crippen molar-refractivity contribution in [3.05, 3.63) is 61.5 Å². The quantitative estimate of drug-likeness (QED) is 0.666. The summed E-state index contributed by atoms with van der Waals surface area (Å²) in [5.41, 5.74) is 7.17. The minimum Gasteiger partial charge on any atom is -0.389 e. The Morgan fingerprint density at radius 3 is 2.33 bits per heavy atom. The predicted molar refractivity (Wildman–Crippen MR) is 97.1 cm³/mol. The fourth-order valence-corrected chi connectivity index (χ4v) is 2.98. The van der Waals surface area contributed by atoms with E-state index in [2.05, 4.69) is 37.2 Å². The minimum absolute atomic E-state index is 0.202. The summed E-state index contributed by atoms with van der Waals surface area (Å²) in [5, 5.41) is 3.13. The number of rotatable bonds is 3. The fourth-order valence-electron chi connectivity index (χ4n) is 1.69. The van der Waals surface area contributed by atoms with Gasteiger partial charge >= 0.3 is 0 Å². The monoisotopic (exact) mass is 446 g/mol. The number of thiocarbonyl (C=S) groups is 1. The first-order valence-corrected chi connectivity index (χ1v) is 8.11. The molecule has 1 amide bonds. The van der Waals surface area contributed by atoms with Crippen molar-refractivity contribution < 1.29 is 4.79 Å². The van der Waals surface area contributed by atoms with E-state index in [0.29, 0.717) is 21.8 Å². The highest BCUT2D eigenvalue weighted by Crippen LogP contribution is 2.25. The van der Waals surface area contributed by atoms with Crippen LogP contribution in [0.2, 0.25) is 5.02 Å². The summed E-state index contributed by atoms with van der Waals surface area (Å²) < 4.78 is 1.63. The zero-order valence-electron chi connectivity index (χ0n) is 10.5. The van der Waals surface area contributed by atoms with Crippen molar-refractivity contribution in [2.45, 2.75) is 0 Å². The van der Waals surface area contributed by atoms with Crippen LogP contribution in [0.15, 0.2) is 45.3 Å². The number of hydrogen-bond donors (Lipinski definition) is 2. The average Bonchev–Trinajstić information content (AvgIpc) is 2.40. The Labute approximate surface area is 149 Å². The van der Waals surface area contributed by atoms with Crippen molar-refractivity contribution in [2.75, 3.05) is 5.32 Å². The molecule has 0 aliphatic carbocycles. The molecular formula is C14H9Br2ClN2OS. The molecule has 7 heteroatoms. The van der Waals surface area contributed by atoms with Gasteiger partial charge in [-0.2, -0.15) is 0 Å². The second-order valence-electron chi connectivity index (χ2n) is 4.13. The minimum atomic E-state index is -0.327. The third-order valence-corrected chi connectivity index (χ3v) is 4.19. The van der Waals surface area contributed by atoms with E-state index in [4.69, 9.17) is 29.6 Å². The molecule has 0 saturated carbocycles. The van der Waals surface area contributed by atoms with E-state index in [9.17, 15) is 4.79 Å². The van der Waals surface area contributed by atoms with Gasteiger partial charge in [0.15, 0.2) is 0 Å². The van der Waals surface area contributed by atoms with Crippen LogP contribution < -0.4 is 11.1 Å². The molecule has 0 aromatic heterocycles. The number of nitrogens with one attached hydrogen (secondary N) is 1. The molecule has 0 heterocycles. The Morgan fingerprint density at radius 2 is 1.71 bits per heavy atom. The lowest BCUT2D eigenvalue weighted by molar-refractivity contribution is 0.102. The maximum Gasteiger partial charge on any atom is 0.257 e. The number of halogens is 3. The van der Waals surface area contributed by atoms with Crippen LogP contribution >= 0.6 is 55.7 Å². The maximum absolute atomic E-state index is 12.3. The number of carbonyl (C=O) groups excluding carboxylic acids is 1. The summed E-state index contributed by atoms with van der Waals surface area (Å²) >= 11 is 17.7. The molecule has 3 nitrogen and oxygen atoms in total. The summed E-state index contributed by atoms with van der Waals surface area (Å²) in [6, 6.07) is 10.3. The molecule has 2 aromatic carbocycles. The van der Waals surface area contributed by atoms with Crippen LogP contribution in [-0.2, 0) is 0 Å². The first kappa shape index (κ1) is 16.4. The standard InChI is InChI=1S/C14H9Br2ClN2OS/c15-7-2-4-12(10(5-7)13(18)21)19-14(20)9-3-1-8(16)6-11(9)17/h1-6H,(H2,18,21)(H,19,20). The van der Waals surface area contributed by atoms with Gasteiger partial charge in [0.2, 0.25) is 0 Å². The number of carbonyl (C=O) groups is 1. The van der Waals surface area contributed by atoms with Gasteiger partial charge in [-0.15, -0.1) is 0 Å². The molecule has 0 saturated heterocycles. The van der Waals surface area contributed by atoms with Crippen LogP contribution in [0.3, 0.4) is 0 Å². The van der Waals surface area contributed by atoms with Gasteiger partial charge in [0, 0.05) is 14.5 Å². The molecule has 0 aliphatic heterocycles. The topological polar surface area (TPSA) is 55.1 Å². The molecule has 2 rings (SSSR count). The highest BCUT2D eigenvalue weighted by atomic mass is 79.9. The first-order chi connectivity index (χ1) is 9.88. The smallest absolute Gasteiger partial charge is 0.257 e.